The van der Waals surface area contributed by atoms with Crippen LogP contribution in [0.5, 0.6) is 17.2 Å². The Morgan fingerprint density at radius 3 is 2.26 bits per heavy atom. The van der Waals surface area contributed by atoms with Crippen LogP contribution >= 0.6 is 0 Å². The number of piperidine rings is 3. The number of imide groups is 1. The molecular formula is C48H57N7O7. The van der Waals surface area contributed by atoms with Crippen LogP contribution in [0, 0.1) is 11.3 Å². The van der Waals surface area contributed by atoms with Crippen LogP contribution < -0.4 is 30.0 Å². The van der Waals surface area contributed by atoms with Gasteiger partial charge in [-0.3, -0.25) is 29.4 Å². The van der Waals surface area contributed by atoms with Gasteiger partial charge in [0.2, 0.25) is 11.8 Å². The minimum absolute atomic E-state index is 0.0647. The van der Waals surface area contributed by atoms with E-state index in [1.165, 1.54) is 12.8 Å². The highest BCUT2D eigenvalue weighted by Crippen LogP contribution is 2.51. The Morgan fingerprint density at radius 2 is 1.58 bits per heavy atom. The zero-order chi connectivity index (χ0) is 42.7. The predicted molar refractivity (Wildman–Crippen MR) is 235 cm³/mol. The average molecular weight is 844 g/mol. The monoisotopic (exact) mass is 843 g/mol. The highest BCUT2D eigenvalue weighted by Gasteiger charge is 2.47. The van der Waals surface area contributed by atoms with Gasteiger partial charge in [0.05, 0.1) is 31.3 Å². The van der Waals surface area contributed by atoms with Crippen LogP contribution in [-0.4, -0.2) is 114 Å². The summed E-state index contributed by atoms with van der Waals surface area (Å²) in [5.74, 6) is 3.01. The molecule has 6 aliphatic rings. The maximum Gasteiger partial charge on any atom is 0.259 e. The van der Waals surface area contributed by atoms with E-state index < -0.39 is 11.9 Å². The van der Waals surface area contributed by atoms with Crippen molar-refractivity contribution in [1.82, 2.24) is 29.6 Å². The first-order valence-electron chi connectivity index (χ1n) is 22.5. The molecule has 1 aliphatic carbocycles. The number of methoxy groups -OCH3 is 2. The molecule has 62 heavy (non-hydrogen) atoms. The second-order valence-electron chi connectivity index (χ2n) is 18.6. The number of carbonyl (C=O) groups is 3. The Kier molecular flexibility index (Phi) is 10.7. The van der Waals surface area contributed by atoms with Crippen molar-refractivity contribution >= 4 is 34.3 Å². The summed E-state index contributed by atoms with van der Waals surface area (Å²) < 4.78 is 20.1. The number of ether oxygens (including phenoxy) is 3. The first-order valence-corrected chi connectivity index (χ1v) is 22.5. The van der Waals surface area contributed by atoms with Gasteiger partial charge in [0.15, 0.2) is 0 Å². The van der Waals surface area contributed by atoms with Crippen molar-refractivity contribution in [1.29, 1.82) is 0 Å². The summed E-state index contributed by atoms with van der Waals surface area (Å²) in [6.07, 6.45) is 12.3. The molecule has 4 saturated heterocycles. The van der Waals surface area contributed by atoms with Crippen molar-refractivity contribution in [2.24, 2.45) is 18.4 Å². The molecule has 3 amide bonds. The van der Waals surface area contributed by atoms with E-state index in [4.69, 9.17) is 14.2 Å². The van der Waals surface area contributed by atoms with Gasteiger partial charge >= 0.3 is 0 Å². The number of hydrogen-bond donors (Lipinski definition) is 1. The summed E-state index contributed by atoms with van der Waals surface area (Å²) in [5.41, 5.74) is 4.69. The lowest BCUT2D eigenvalue weighted by Gasteiger charge is -2.52. The Hall–Kier alpha value is -5.47. The second kappa shape index (κ2) is 16.3. The quantitative estimate of drug-likeness (QED) is 0.201. The van der Waals surface area contributed by atoms with E-state index in [0.717, 1.165) is 129 Å². The molecule has 1 atom stereocenters. The fourth-order valence-electron chi connectivity index (χ4n) is 10.9. The van der Waals surface area contributed by atoms with Crippen molar-refractivity contribution in [3.8, 4) is 28.4 Å². The van der Waals surface area contributed by atoms with Gasteiger partial charge in [-0.1, -0.05) is 6.07 Å². The van der Waals surface area contributed by atoms with Gasteiger partial charge in [-0.15, -0.1) is 0 Å². The number of nitrogens with one attached hydrogen (secondary N) is 1. The number of amides is 3. The number of carbonyl (C=O) groups excluding carboxylic acids is 3. The van der Waals surface area contributed by atoms with Gasteiger partial charge < -0.3 is 33.5 Å². The van der Waals surface area contributed by atoms with Crippen molar-refractivity contribution in [3.05, 3.63) is 75.8 Å². The van der Waals surface area contributed by atoms with Gasteiger partial charge in [0.1, 0.15) is 29.1 Å². The topological polar surface area (TPSA) is 139 Å². The first-order chi connectivity index (χ1) is 30.1. The predicted octanol–water partition coefficient (Wildman–Crippen LogP) is 5.12. The van der Waals surface area contributed by atoms with E-state index in [9.17, 15) is 19.2 Å². The van der Waals surface area contributed by atoms with Crippen LogP contribution in [0.15, 0.2) is 53.6 Å². The molecule has 2 aromatic heterocycles. The van der Waals surface area contributed by atoms with Crippen molar-refractivity contribution < 1.29 is 28.6 Å². The molecule has 0 radical (unpaired) electrons. The third-order valence-corrected chi connectivity index (χ3v) is 14.8. The maximum atomic E-state index is 13.3. The van der Waals surface area contributed by atoms with E-state index in [2.05, 4.69) is 37.1 Å². The van der Waals surface area contributed by atoms with Crippen LogP contribution in [0.1, 0.15) is 79.3 Å². The minimum Gasteiger partial charge on any atom is -0.496 e. The molecule has 14 nitrogen and oxygen atoms in total. The van der Waals surface area contributed by atoms with Gasteiger partial charge in [-0.2, -0.15) is 0 Å². The van der Waals surface area contributed by atoms with Crippen LogP contribution in [0.4, 0.5) is 5.82 Å². The third kappa shape index (κ3) is 7.58. The number of aryl methyl sites for hydroxylation is 1. The molecule has 10 rings (SSSR count). The molecule has 326 valence electrons. The summed E-state index contributed by atoms with van der Waals surface area (Å²) in [6.45, 7) is 8.52. The summed E-state index contributed by atoms with van der Waals surface area (Å²) in [6, 6.07) is 11.3. The largest absolute Gasteiger partial charge is 0.496 e. The number of rotatable bonds is 11. The lowest BCUT2D eigenvalue weighted by molar-refractivity contribution is -0.136. The first kappa shape index (κ1) is 40.6. The molecule has 5 fully saturated rings. The summed E-state index contributed by atoms with van der Waals surface area (Å²) in [5, 5.41) is 3.85. The third-order valence-electron chi connectivity index (χ3n) is 14.8. The minimum atomic E-state index is -0.614. The molecule has 4 aromatic rings. The maximum absolute atomic E-state index is 13.3. The fourth-order valence-corrected chi connectivity index (χ4v) is 10.9. The second-order valence-corrected chi connectivity index (χ2v) is 18.6. The molecule has 14 heteroatoms. The molecule has 1 N–H and O–H groups in total. The fraction of sp³-hybridized carbons (Fsp3) is 0.521. The summed E-state index contributed by atoms with van der Waals surface area (Å²) in [4.78, 5) is 64.2. The van der Waals surface area contributed by atoms with Gasteiger partial charge in [-0.25, -0.2) is 4.98 Å². The zero-order valence-corrected chi connectivity index (χ0v) is 36.1. The van der Waals surface area contributed by atoms with Crippen molar-refractivity contribution in [3.63, 3.8) is 0 Å². The lowest BCUT2D eigenvalue weighted by Crippen LogP contribution is -2.52. The van der Waals surface area contributed by atoms with E-state index in [-0.39, 0.29) is 29.9 Å². The number of hydrogen-bond acceptors (Lipinski definition) is 11. The number of anilines is 1. The standard InChI is InChI=1S/C48H57N7O7/c1-51-28-38(36-22-43(54-13-4-14-54)49-25-37(36)46(51)58)32-19-41(60-2)39(42(20-32)61-3)29-52-15-9-30(10-16-52)26-53-17-11-48(12-18-53)23-34(24-48)62-33-6-5-31-27-55(47(59)35(31)21-33)40-7-8-44(56)50-45(40)57/h5-6,19-22,25,28,30,34,40H,4,7-18,23-24,26-27,29H2,1-3H3,(H,50,56,57). The van der Waals surface area contributed by atoms with Crippen LogP contribution in [0.3, 0.4) is 0 Å². The van der Waals surface area contributed by atoms with E-state index in [1.54, 1.807) is 36.9 Å². The lowest BCUT2D eigenvalue weighted by atomic mass is 9.61. The van der Waals surface area contributed by atoms with E-state index in [1.807, 2.05) is 30.5 Å². The van der Waals surface area contributed by atoms with Crippen LogP contribution in [-0.2, 0) is 29.7 Å². The number of aromatic nitrogens is 2. The number of fused-ring (bicyclic) bond motifs is 2. The Labute approximate surface area is 362 Å². The smallest absolute Gasteiger partial charge is 0.259 e. The molecule has 1 unspecified atom stereocenters. The molecule has 2 aromatic carbocycles. The van der Waals surface area contributed by atoms with Crippen LogP contribution in [0.25, 0.3) is 21.9 Å². The number of pyridine rings is 2. The molecule has 1 spiro atoms. The van der Waals surface area contributed by atoms with Crippen molar-refractivity contribution in [2.45, 2.75) is 83.0 Å². The normalized spacial score (nSPS) is 22.1. The van der Waals surface area contributed by atoms with E-state index >= 15 is 0 Å². The molecule has 5 aliphatic heterocycles. The van der Waals surface area contributed by atoms with Gasteiger partial charge in [0, 0.05) is 75.1 Å². The highest BCUT2D eigenvalue weighted by atomic mass is 16.5. The molecule has 0 bridgehead atoms. The average Bonchev–Trinajstić information content (AvgIpc) is 3.57. The molecular weight excluding hydrogens is 787 g/mol. The Bertz CT molecular complexity index is 2450. The molecule has 7 heterocycles. The zero-order valence-electron chi connectivity index (χ0n) is 36.1. The van der Waals surface area contributed by atoms with Gasteiger partial charge in [-0.05, 0) is 130 Å². The van der Waals surface area contributed by atoms with Gasteiger partial charge in [0.25, 0.3) is 11.5 Å². The van der Waals surface area contributed by atoms with Crippen molar-refractivity contribution in [2.75, 3.05) is 64.9 Å². The van der Waals surface area contributed by atoms with E-state index in [0.29, 0.717) is 41.0 Å². The Balaban J connectivity index is 0.709. The number of benzene rings is 2. The number of nitrogens with zero attached hydrogens (tertiary/aromatic N) is 6. The SMILES string of the molecule is COc1cc(-c2cn(C)c(=O)c3cnc(N4CCC4)cc23)cc(OC)c1CN1CCC(CN2CCC3(CC2)CC(Oc2ccc4c(c2)C(=O)N(C2CCC(=O)NC2=O)C4)C3)CC1. The molecule has 1 saturated carbocycles. The highest BCUT2D eigenvalue weighted by molar-refractivity contribution is 6.05. The summed E-state index contributed by atoms with van der Waals surface area (Å²) in [7, 11) is 5.23. The number of likely N-dealkylation sites (tertiary alicyclic amines) is 2. The summed E-state index contributed by atoms with van der Waals surface area (Å²) >= 11 is 0. The Morgan fingerprint density at radius 1 is 0.839 bits per heavy atom. The van der Waals surface area contributed by atoms with Crippen LogP contribution in [0.2, 0.25) is 0 Å².